The lowest BCUT2D eigenvalue weighted by molar-refractivity contribution is 1.16. The number of hydrogen-bond donors (Lipinski definition) is 0. The fourth-order valence-corrected chi connectivity index (χ4v) is 6.53. The van der Waals surface area contributed by atoms with Crippen LogP contribution in [0.15, 0.2) is 170 Å². The highest BCUT2D eigenvalue weighted by atomic mass is 14.9. The second kappa shape index (κ2) is 11.7. The van der Waals surface area contributed by atoms with Gasteiger partial charge >= 0.3 is 0 Å². The third-order valence-corrected chi connectivity index (χ3v) is 8.94. The van der Waals surface area contributed by atoms with Gasteiger partial charge in [0.2, 0.25) is 0 Å². The zero-order chi connectivity index (χ0) is 31.9. The van der Waals surface area contributed by atoms with Gasteiger partial charge in [-0.1, -0.05) is 140 Å². The van der Waals surface area contributed by atoms with Gasteiger partial charge in [-0.25, -0.2) is 15.0 Å². The van der Waals surface area contributed by atoms with E-state index >= 15 is 0 Å². The Bertz CT molecular complexity index is 2560. The Hall–Kier alpha value is -6.52. The van der Waals surface area contributed by atoms with E-state index in [1.807, 2.05) is 48.7 Å². The number of rotatable bonds is 5. The minimum absolute atomic E-state index is 0.658. The van der Waals surface area contributed by atoms with Crippen LogP contribution in [0.25, 0.3) is 88.9 Å². The molecule has 0 atom stereocenters. The molecule has 224 valence electrons. The van der Waals surface area contributed by atoms with E-state index in [1.54, 1.807) is 0 Å². The lowest BCUT2D eigenvalue weighted by Gasteiger charge is -2.13. The first kappa shape index (κ1) is 27.8. The maximum Gasteiger partial charge on any atom is 0.160 e. The van der Waals surface area contributed by atoms with Crippen LogP contribution in [0.5, 0.6) is 0 Å². The first-order valence-corrected chi connectivity index (χ1v) is 16.1. The zero-order valence-electron chi connectivity index (χ0n) is 26.0. The molecule has 0 saturated heterocycles. The van der Waals surface area contributed by atoms with Gasteiger partial charge in [0.25, 0.3) is 0 Å². The highest BCUT2D eigenvalue weighted by Gasteiger charge is 2.15. The average Bonchev–Trinajstić information content (AvgIpc) is 3.18. The zero-order valence-corrected chi connectivity index (χ0v) is 26.0. The molecule has 0 fully saturated rings. The summed E-state index contributed by atoms with van der Waals surface area (Å²) < 4.78 is 0. The predicted octanol–water partition coefficient (Wildman–Crippen LogP) is 11.1. The predicted molar refractivity (Wildman–Crippen MR) is 197 cm³/mol. The molecule has 0 aliphatic rings. The molecule has 3 aromatic heterocycles. The summed E-state index contributed by atoms with van der Waals surface area (Å²) in [4.78, 5) is 20.2. The summed E-state index contributed by atoms with van der Waals surface area (Å²) in [5.74, 6) is 0.658. The first-order chi connectivity index (χ1) is 23.8. The van der Waals surface area contributed by atoms with Gasteiger partial charge in [-0.15, -0.1) is 0 Å². The van der Waals surface area contributed by atoms with Crippen LogP contribution in [-0.2, 0) is 0 Å². The smallest absolute Gasteiger partial charge is 0.160 e. The summed E-state index contributed by atoms with van der Waals surface area (Å²) >= 11 is 0. The van der Waals surface area contributed by atoms with E-state index < -0.39 is 0 Å². The number of aromatic nitrogens is 4. The van der Waals surface area contributed by atoms with Crippen LogP contribution in [0.3, 0.4) is 0 Å². The number of fused-ring (bicyclic) bond motifs is 5. The highest BCUT2D eigenvalue weighted by molar-refractivity contribution is 6.22. The lowest BCUT2D eigenvalue weighted by atomic mass is 9.95. The summed E-state index contributed by atoms with van der Waals surface area (Å²) in [6.07, 6.45) is 1.92. The number of hydrogen-bond acceptors (Lipinski definition) is 4. The highest BCUT2D eigenvalue weighted by Crippen LogP contribution is 2.37. The molecule has 0 radical (unpaired) electrons. The largest absolute Gasteiger partial charge is 0.254 e. The molecule has 0 aliphatic carbocycles. The molecule has 0 bridgehead atoms. The normalized spacial score (nSPS) is 11.3. The van der Waals surface area contributed by atoms with E-state index in [0.717, 1.165) is 61.3 Å². The average molecular weight is 613 g/mol. The van der Waals surface area contributed by atoms with E-state index in [1.165, 1.54) is 21.7 Å². The SMILES string of the molecule is c1ccc(-c2ccc(-c3nc(-c4ccccc4)cc(-c4ccc(-c5nc6ccccc6c6c5ccc5ccccc56)cn4)n3)cc2)cc1. The van der Waals surface area contributed by atoms with Crippen molar-refractivity contribution in [2.45, 2.75) is 0 Å². The van der Waals surface area contributed by atoms with Crippen molar-refractivity contribution in [2.24, 2.45) is 0 Å². The summed E-state index contributed by atoms with van der Waals surface area (Å²) in [6, 6.07) is 56.5. The van der Waals surface area contributed by atoms with Crippen molar-refractivity contribution in [3.05, 3.63) is 170 Å². The molecular weight excluding hydrogens is 585 g/mol. The molecule has 4 nitrogen and oxygen atoms in total. The van der Waals surface area contributed by atoms with Gasteiger partial charge in [0.05, 0.1) is 28.3 Å². The molecule has 6 aromatic carbocycles. The van der Waals surface area contributed by atoms with Crippen LogP contribution >= 0.6 is 0 Å². The maximum absolute atomic E-state index is 5.15. The molecule has 48 heavy (non-hydrogen) atoms. The molecule has 0 amide bonds. The van der Waals surface area contributed by atoms with Gasteiger partial charge in [-0.2, -0.15) is 0 Å². The Balaban J connectivity index is 1.15. The molecule has 9 rings (SSSR count). The van der Waals surface area contributed by atoms with Crippen molar-refractivity contribution in [1.82, 2.24) is 19.9 Å². The van der Waals surface area contributed by atoms with E-state index in [0.29, 0.717) is 5.82 Å². The summed E-state index contributed by atoms with van der Waals surface area (Å²) in [5, 5.41) is 5.90. The van der Waals surface area contributed by atoms with E-state index in [2.05, 4.69) is 121 Å². The van der Waals surface area contributed by atoms with Crippen LogP contribution < -0.4 is 0 Å². The monoisotopic (exact) mass is 612 g/mol. The summed E-state index contributed by atoms with van der Waals surface area (Å²) in [6.45, 7) is 0. The minimum Gasteiger partial charge on any atom is -0.254 e. The number of benzene rings is 6. The van der Waals surface area contributed by atoms with E-state index in [9.17, 15) is 0 Å². The van der Waals surface area contributed by atoms with Crippen LogP contribution in [0.4, 0.5) is 0 Å². The van der Waals surface area contributed by atoms with Gasteiger partial charge in [-0.05, 0) is 46.2 Å². The summed E-state index contributed by atoms with van der Waals surface area (Å²) in [7, 11) is 0. The third kappa shape index (κ3) is 4.97. The lowest BCUT2D eigenvalue weighted by Crippen LogP contribution is -1.97. The fourth-order valence-electron chi connectivity index (χ4n) is 6.53. The summed E-state index contributed by atoms with van der Waals surface area (Å²) in [5.41, 5.74) is 9.53. The molecule has 3 heterocycles. The van der Waals surface area contributed by atoms with Gasteiger partial charge in [0.1, 0.15) is 0 Å². The third-order valence-electron chi connectivity index (χ3n) is 8.94. The Morgan fingerprint density at radius 2 is 0.979 bits per heavy atom. The molecule has 0 unspecified atom stereocenters. The number of nitrogens with zero attached hydrogens (tertiary/aromatic N) is 4. The molecular formula is C44H28N4. The van der Waals surface area contributed by atoms with Crippen molar-refractivity contribution in [3.8, 4) is 56.4 Å². The van der Waals surface area contributed by atoms with Crippen molar-refractivity contribution in [1.29, 1.82) is 0 Å². The molecule has 0 aliphatic heterocycles. The van der Waals surface area contributed by atoms with Crippen molar-refractivity contribution >= 4 is 32.4 Å². The Morgan fingerprint density at radius 3 is 1.75 bits per heavy atom. The Labute approximate surface area is 278 Å². The standard InChI is InChI=1S/C44H28N4/c1-3-11-29(12-4-1)30-19-21-33(22-20-30)44-47-40(32-14-5-2-6-15-32)27-41(48-44)39-26-24-34(28-45-39)43-37-25-23-31-13-7-8-16-35(31)42(37)36-17-9-10-18-38(36)46-43/h1-28H. The number of pyridine rings is 2. The van der Waals surface area contributed by atoms with Gasteiger partial charge in [-0.3, -0.25) is 4.98 Å². The van der Waals surface area contributed by atoms with Crippen LogP contribution in [0, 0.1) is 0 Å². The van der Waals surface area contributed by atoms with Crippen molar-refractivity contribution in [2.75, 3.05) is 0 Å². The van der Waals surface area contributed by atoms with Crippen LogP contribution in [-0.4, -0.2) is 19.9 Å². The van der Waals surface area contributed by atoms with Gasteiger partial charge in [0, 0.05) is 39.0 Å². The molecule has 0 spiro atoms. The second-order valence-electron chi connectivity index (χ2n) is 11.9. The van der Waals surface area contributed by atoms with Gasteiger partial charge < -0.3 is 0 Å². The molecule has 4 heteroatoms. The molecule has 9 aromatic rings. The van der Waals surface area contributed by atoms with Crippen molar-refractivity contribution in [3.63, 3.8) is 0 Å². The van der Waals surface area contributed by atoms with Crippen LogP contribution in [0.2, 0.25) is 0 Å². The topological polar surface area (TPSA) is 51.6 Å². The first-order valence-electron chi connectivity index (χ1n) is 16.1. The quantitative estimate of drug-likeness (QED) is 0.181. The van der Waals surface area contributed by atoms with Crippen molar-refractivity contribution < 1.29 is 0 Å². The Morgan fingerprint density at radius 1 is 0.354 bits per heavy atom. The number of para-hydroxylation sites is 1. The van der Waals surface area contributed by atoms with E-state index in [4.69, 9.17) is 19.9 Å². The van der Waals surface area contributed by atoms with Crippen LogP contribution in [0.1, 0.15) is 0 Å². The fraction of sp³-hybridized carbons (Fsp3) is 0. The maximum atomic E-state index is 5.15. The Kier molecular flexibility index (Phi) is 6.76. The second-order valence-corrected chi connectivity index (χ2v) is 11.9. The molecule has 0 N–H and O–H groups in total. The van der Waals surface area contributed by atoms with E-state index in [-0.39, 0.29) is 0 Å². The molecule has 0 saturated carbocycles. The minimum atomic E-state index is 0.658. The van der Waals surface area contributed by atoms with Gasteiger partial charge in [0.15, 0.2) is 5.82 Å².